The lowest BCUT2D eigenvalue weighted by molar-refractivity contribution is -0.124. The van der Waals surface area contributed by atoms with Crippen LogP contribution in [0.2, 0.25) is 0 Å². The van der Waals surface area contributed by atoms with Crippen LogP contribution in [-0.2, 0) is 21.4 Å². The first-order chi connectivity index (χ1) is 10.3. The lowest BCUT2D eigenvalue weighted by Crippen LogP contribution is -2.44. The molecule has 0 aliphatic carbocycles. The number of hydrogen-bond acceptors (Lipinski definition) is 3. The van der Waals surface area contributed by atoms with Crippen molar-refractivity contribution < 1.29 is 26.4 Å². The summed E-state index contributed by atoms with van der Waals surface area (Å²) >= 11 is 0. The molecule has 1 atom stereocenters. The molecule has 1 aromatic carbocycles. The van der Waals surface area contributed by atoms with E-state index in [1.165, 1.54) is 0 Å². The van der Waals surface area contributed by atoms with Gasteiger partial charge in [-0.2, -0.15) is 4.31 Å². The zero-order chi connectivity index (χ0) is 16.5. The zero-order valence-corrected chi connectivity index (χ0v) is 12.6. The maximum absolute atomic E-state index is 13.5. The van der Waals surface area contributed by atoms with E-state index in [9.17, 15) is 26.4 Å². The lowest BCUT2D eigenvalue weighted by atomic mass is 10.1. The van der Waals surface area contributed by atoms with E-state index in [0.29, 0.717) is 0 Å². The maximum Gasteiger partial charge on any atom is 0.238 e. The van der Waals surface area contributed by atoms with E-state index >= 15 is 0 Å². The highest BCUT2D eigenvalue weighted by Crippen LogP contribution is 2.21. The summed E-state index contributed by atoms with van der Waals surface area (Å²) in [6.07, 6.45) is 0.141. The topological polar surface area (TPSA) is 66.5 Å². The van der Waals surface area contributed by atoms with Crippen LogP contribution in [-0.4, -0.2) is 37.0 Å². The minimum atomic E-state index is -3.45. The van der Waals surface area contributed by atoms with Gasteiger partial charge in [-0.15, -0.1) is 0 Å². The van der Waals surface area contributed by atoms with Crippen molar-refractivity contribution in [3.05, 3.63) is 35.1 Å². The Morgan fingerprint density at radius 3 is 2.64 bits per heavy atom. The van der Waals surface area contributed by atoms with Gasteiger partial charge in [0.1, 0.15) is 6.04 Å². The molecule has 22 heavy (non-hydrogen) atoms. The second kappa shape index (κ2) is 6.25. The van der Waals surface area contributed by atoms with E-state index in [1.54, 1.807) is 6.92 Å². The van der Waals surface area contributed by atoms with Crippen molar-refractivity contribution in [2.24, 2.45) is 0 Å². The first-order valence-corrected chi connectivity index (χ1v) is 8.28. The number of nitrogens with one attached hydrogen (secondary N) is 1. The Hall–Kier alpha value is -1.61. The van der Waals surface area contributed by atoms with Gasteiger partial charge < -0.3 is 5.32 Å². The molecule has 2 rings (SSSR count). The van der Waals surface area contributed by atoms with Crippen LogP contribution in [0.1, 0.15) is 18.9 Å². The Kier molecular flexibility index (Phi) is 4.76. The third-order valence-electron chi connectivity index (χ3n) is 3.54. The van der Waals surface area contributed by atoms with Gasteiger partial charge in [-0.1, -0.05) is 13.0 Å². The predicted molar refractivity (Wildman–Crippen MR) is 72.7 cm³/mol. The van der Waals surface area contributed by atoms with Crippen molar-refractivity contribution >= 4 is 15.9 Å². The summed E-state index contributed by atoms with van der Waals surface area (Å²) < 4.78 is 63.9. The molecule has 0 radical (unpaired) electrons. The number of carbonyl (C=O) groups is 1. The molecule has 1 heterocycles. The summed E-state index contributed by atoms with van der Waals surface area (Å²) in [6.45, 7) is 1.41. The Morgan fingerprint density at radius 1 is 1.32 bits per heavy atom. The lowest BCUT2D eigenvalue weighted by Gasteiger charge is -2.20. The molecule has 1 N–H and O–H groups in total. The second-order valence-corrected chi connectivity index (χ2v) is 6.92. The summed E-state index contributed by atoms with van der Waals surface area (Å²) in [5, 5.41) is 2.36. The van der Waals surface area contributed by atoms with Gasteiger partial charge in [0.2, 0.25) is 15.9 Å². The van der Waals surface area contributed by atoms with Gasteiger partial charge in [0.15, 0.2) is 17.5 Å². The number of amides is 1. The highest BCUT2D eigenvalue weighted by atomic mass is 32.2. The molecule has 0 saturated carbocycles. The second-order valence-electron chi connectivity index (χ2n) is 4.88. The smallest absolute Gasteiger partial charge is 0.238 e. The molecule has 9 heteroatoms. The molecule has 0 aromatic heterocycles. The zero-order valence-electron chi connectivity index (χ0n) is 11.8. The number of carbonyl (C=O) groups excluding carboxylic acids is 1. The van der Waals surface area contributed by atoms with Gasteiger partial charge in [-0.25, -0.2) is 21.6 Å². The van der Waals surface area contributed by atoms with E-state index in [2.05, 4.69) is 5.32 Å². The maximum atomic E-state index is 13.5. The van der Waals surface area contributed by atoms with Crippen LogP contribution in [0.5, 0.6) is 0 Å². The molecule has 1 aromatic rings. The molecule has 1 saturated heterocycles. The third-order valence-corrected chi connectivity index (χ3v) is 5.52. The standard InChI is InChI=1S/C13H15F3N2O3S/c1-2-18-10(5-6-22(18,20)21)13(19)17-7-8-3-4-9(14)12(16)11(8)15/h3-4,10H,2,5-7H2,1H3,(H,17,19)/t10-/m0/s1. The van der Waals surface area contributed by atoms with Crippen molar-refractivity contribution in [2.75, 3.05) is 12.3 Å². The summed E-state index contributed by atoms with van der Waals surface area (Å²) in [7, 11) is -3.45. The van der Waals surface area contributed by atoms with Gasteiger partial charge in [0, 0.05) is 18.7 Å². The number of likely N-dealkylation sites (N-methyl/N-ethyl adjacent to an activating group) is 1. The summed E-state index contributed by atoms with van der Waals surface area (Å²) in [6, 6.07) is 0.929. The monoisotopic (exact) mass is 336 g/mol. The van der Waals surface area contributed by atoms with E-state index in [1.807, 2.05) is 0 Å². The Morgan fingerprint density at radius 2 is 2.00 bits per heavy atom. The molecule has 1 aliphatic rings. The molecule has 0 spiro atoms. The molecule has 5 nitrogen and oxygen atoms in total. The van der Waals surface area contributed by atoms with Crippen molar-refractivity contribution in [3.63, 3.8) is 0 Å². The van der Waals surface area contributed by atoms with Crippen LogP contribution in [0.4, 0.5) is 13.2 Å². The molecule has 1 amide bonds. The number of nitrogens with zero attached hydrogens (tertiary/aromatic N) is 1. The van der Waals surface area contributed by atoms with E-state index in [4.69, 9.17) is 0 Å². The number of benzene rings is 1. The van der Waals surface area contributed by atoms with E-state index in [0.717, 1.165) is 16.4 Å². The van der Waals surface area contributed by atoms with Crippen LogP contribution in [0.15, 0.2) is 12.1 Å². The van der Waals surface area contributed by atoms with Crippen LogP contribution < -0.4 is 5.32 Å². The fourth-order valence-corrected chi connectivity index (χ4v) is 4.14. The molecule has 1 aliphatic heterocycles. The van der Waals surface area contributed by atoms with Gasteiger partial charge in [0.25, 0.3) is 0 Å². The fourth-order valence-electron chi connectivity index (χ4n) is 2.40. The van der Waals surface area contributed by atoms with Crippen LogP contribution in [0.25, 0.3) is 0 Å². The number of hydrogen-bond donors (Lipinski definition) is 1. The van der Waals surface area contributed by atoms with Crippen LogP contribution in [0, 0.1) is 17.5 Å². The Labute approximate surface area is 126 Å². The van der Waals surface area contributed by atoms with Crippen molar-refractivity contribution in [1.82, 2.24) is 9.62 Å². The molecule has 0 unspecified atom stereocenters. The number of sulfonamides is 1. The Bertz CT molecular complexity index is 694. The summed E-state index contributed by atoms with van der Waals surface area (Å²) in [5.74, 6) is -5.01. The summed E-state index contributed by atoms with van der Waals surface area (Å²) in [4.78, 5) is 12.0. The molecule has 1 fully saturated rings. The first kappa shape index (κ1) is 16.8. The first-order valence-electron chi connectivity index (χ1n) is 6.67. The molecule has 122 valence electrons. The minimum absolute atomic E-state index is 0.127. The van der Waals surface area contributed by atoms with Gasteiger partial charge in [0.05, 0.1) is 5.75 Å². The van der Waals surface area contributed by atoms with Gasteiger partial charge in [-0.3, -0.25) is 4.79 Å². The molecular weight excluding hydrogens is 321 g/mol. The van der Waals surface area contributed by atoms with Crippen LogP contribution in [0.3, 0.4) is 0 Å². The SMILES string of the molecule is CCN1[C@H](C(=O)NCc2ccc(F)c(F)c2F)CCS1(=O)=O. The van der Waals surface area contributed by atoms with Gasteiger partial charge >= 0.3 is 0 Å². The normalized spacial score (nSPS) is 21.0. The third kappa shape index (κ3) is 3.09. The molecule has 0 bridgehead atoms. The number of rotatable bonds is 4. The largest absolute Gasteiger partial charge is 0.351 e. The molecular formula is C13H15F3N2O3S. The highest BCUT2D eigenvalue weighted by molar-refractivity contribution is 7.89. The summed E-state index contributed by atoms with van der Waals surface area (Å²) in [5.41, 5.74) is -0.212. The van der Waals surface area contributed by atoms with Crippen molar-refractivity contribution in [3.8, 4) is 0 Å². The van der Waals surface area contributed by atoms with Gasteiger partial charge in [-0.05, 0) is 12.5 Å². The highest BCUT2D eigenvalue weighted by Gasteiger charge is 2.40. The Balaban J connectivity index is 2.07. The average molecular weight is 336 g/mol. The van der Waals surface area contributed by atoms with E-state index in [-0.39, 0.29) is 30.8 Å². The quantitative estimate of drug-likeness (QED) is 0.839. The predicted octanol–water partition coefficient (Wildman–Crippen LogP) is 1.14. The average Bonchev–Trinajstić information content (AvgIpc) is 2.78. The van der Waals surface area contributed by atoms with Crippen molar-refractivity contribution in [1.29, 1.82) is 0 Å². The van der Waals surface area contributed by atoms with E-state index < -0.39 is 39.4 Å². The van der Waals surface area contributed by atoms with Crippen molar-refractivity contribution in [2.45, 2.75) is 25.9 Å². The fraction of sp³-hybridized carbons (Fsp3) is 0.462. The van der Waals surface area contributed by atoms with Crippen LogP contribution >= 0.6 is 0 Å². The minimum Gasteiger partial charge on any atom is -0.351 e. The number of halogens is 3.